The zero-order chi connectivity index (χ0) is 13.1. The SMILES string of the molecule is CCc1cccnc1-c1nc(C)c(I)c(NC)n1. The number of halogens is 1. The molecule has 5 heteroatoms. The Morgan fingerprint density at radius 3 is 2.78 bits per heavy atom. The highest BCUT2D eigenvalue weighted by atomic mass is 127. The molecule has 0 atom stereocenters. The lowest BCUT2D eigenvalue weighted by Crippen LogP contribution is -2.04. The fourth-order valence-electron chi connectivity index (χ4n) is 1.76. The van der Waals surface area contributed by atoms with Crippen molar-refractivity contribution < 1.29 is 0 Å². The lowest BCUT2D eigenvalue weighted by molar-refractivity contribution is 1.04. The third-order valence-corrected chi connectivity index (χ3v) is 4.03. The lowest BCUT2D eigenvalue weighted by Gasteiger charge is -2.10. The van der Waals surface area contributed by atoms with Gasteiger partial charge < -0.3 is 5.32 Å². The van der Waals surface area contributed by atoms with Crippen molar-refractivity contribution in [1.82, 2.24) is 15.0 Å². The normalized spacial score (nSPS) is 10.4. The summed E-state index contributed by atoms with van der Waals surface area (Å²) >= 11 is 2.25. The van der Waals surface area contributed by atoms with Crippen molar-refractivity contribution in [2.24, 2.45) is 0 Å². The molecule has 0 unspecified atom stereocenters. The van der Waals surface area contributed by atoms with Crippen LogP contribution in [0.4, 0.5) is 5.82 Å². The number of pyridine rings is 1. The van der Waals surface area contributed by atoms with Crippen molar-refractivity contribution in [1.29, 1.82) is 0 Å². The van der Waals surface area contributed by atoms with Gasteiger partial charge in [-0.05, 0) is 47.6 Å². The standard InChI is InChI=1S/C13H15IN4/c1-4-9-6-5-7-16-11(9)13-17-8(2)10(14)12(15-3)18-13/h5-7H,4H2,1-3H3,(H,15,17,18). The van der Waals surface area contributed by atoms with Gasteiger partial charge in [0.25, 0.3) is 0 Å². The van der Waals surface area contributed by atoms with Crippen LogP contribution in [0.25, 0.3) is 11.5 Å². The van der Waals surface area contributed by atoms with Gasteiger partial charge >= 0.3 is 0 Å². The van der Waals surface area contributed by atoms with E-state index in [-0.39, 0.29) is 0 Å². The first kappa shape index (κ1) is 13.2. The molecular formula is C13H15IN4. The van der Waals surface area contributed by atoms with Gasteiger partial charge in [0.05, 0.1) is 9.26 Å². The fourth-order valence-corrected chi connectivity index (χ4v) is 2.27. The average molecular weight is 354 g/mol. The maximum Gasteiger partial charge on any atom is 0.180 e. The summed E-state index contributed by atoms with van der Waals surface area (Å²) in [5.74, 6) is 1.54. The van der Waals surface area contributed by atoms with Crippen molar-refractivity contribution in [2.45, 2.75) is 20.3 Å². The van der Waals surface area contributed by atoms with Gasteiger partial charge in [0.1, 0.15) is 11.5 Å². The Morgan fingerprint density at radius 1 is 1.33 bits per heavy atom. The van der Waals surface area contributed by atoms with E-state index in [9.17, 15) is 0 Å². The molecule has 0 saturated heterocycles. The van der Waals surface area contributed by atoms with Crippen molar-refractivity contribution in [3.05, 3.63) is 33.2 Å². The van der Waals surface area contributed by atoms with E-state index < -0.39 is 0 Å². The van der Waals surface area contributed by atoms with Crippen LogP contribution in [0.5, 0.6) is 0 Å². The molecule has 94 valence electrons. The zero-order valence-electron chi connectivity index (χ0n) is 10.7. The summed E-state index contributed by atoms with van der Waals surface area (Å²) in [6.07, 6.45) is 2.71. The van der Waals surface area contributed by atoms with Gasteiger partial charge in [-0.1, -0.05) is 13.0 Å². The minimum Gasteiger partial charge on any atom is -0.372 e. The lowest BCUT2D eigenvalue weighted by atomic mass is 10.1. The molecule has 0 aromatic carbocycles. The molecule has 0 aliphatic carbocycles. The zero-order valence-corrected chi connectivity index (χ0v) is 12.8. The van der Waals surface area contributed by atoms with Gasteiger partial charge in [0.2, 0.25) is 0 Å². The van der Waals surface area contributed by atoms with Gasteiger partial charge in [0, 0.05) is 13.2 Å². The smallest absolute Gasteiger partial charge is 0.180 e. The Bertz CT molecular complexity index is 569. The molecule has 0 aliphatic heterocycles. The highest BCUT2D eigenvalue weighted by Crippen LogP contribution is 2.24. The Hall–Kier alpha value is -1.24. The molecule has 1 N–H and O–H groups in total. The van der Waals surface area contributed by atoms with Crippen LogP contribution in [-0.2, 0) is 6.42 Å². The van der Waals surface area contributed by atoms with E-state index in [1.165, 1.54) is 5.56 Å². The van der Waals surface area contributed by atoms with Crippen LogP contribution in [-0.4, -0.2) is 22.0 Å². The molecule has 0 fully saturated rings. The maximum atomic E-state index is 4.54. The molecule has 0 aliphatic rings. The number of anilines is 1. The van der Waals surface area contributed by atoms with Crippen LogP contribution in [0.3, 0.4) is 0 Å². The second kappa shape index (κ2) is 5.60. The number of aromatic nitrogens is 3. The Kier molecular flexibility index (Phi) is 4.11. The minimum atomic E-state index is 0.690. The van der Waals surface area contributed by atoms with Gasteiger partial charge in [-0.25, -0.2) is 9.97 Å². The number of nitrogens with zero attached hydrogens (tertiary/aromatic N) is 3. The molecule has 0 amide bonds. The van der Waals surface area contributed by atoms with Crippen LogP contribution in [0.1, 0.15) is 18.2 Å². The first-order valence-electron chi connectivity index (χ1n) is 5.83. The molecule has 2 aromatic rings. The van der Waals surface area contributed by atoms with Gasteiger partial charge in [-0.2, -0.15) is 0 Å². The third-order valence-electron chi connectivity index (χ3n) is 2.74. The number of hydrogen-bond donors (Lipinski definition) is 1. The number of rotatable bonds is 3. The second-order valence-electron chi connectivity index (χ2n) is 3.91. The first-order valence-corrected chi connectivity index (χ1v) is 6.91. The van der Waals surface area contributed by atoms with Crippen molar-refractivity contribution in [2.75, 3.05) is 12.4 Å². The maximum absolute atomic E-state index is 4.54. The van der Waals surface area contributed by atoms with Crippen LogP contribution in [0.15, 0.2) is 18.3 Å². The van der Waals surface area contributed by atoms with Crippen LogP contribution >= 0.6 is 22.6 Å². The van der Waals surface area contributed by atoms with Crippen molar-refractivity contribution >= 4 is 28.4 Å². The van der Waals surface area contributed by atoms with Gasteiger partial charge in [-0.15, -0.1) is 0 Å². The number of nitrogens with one attached hydrogen (secondary N) is 1. The summed E-state index contributed by atoms with van der Waals surface area (Å²) < 4.78 is 1.05. The first-order chi connectivity index (χ1) is 8.67. The minimum absolute atomic E-state index is 0.690. The van der Waals surface area contributed by atoms with E-state index in [1.807, 2.05) is 20.0 Å². The van der Waals surface area contributed by atoms with E-state index in [4.69, 9.17) is 0 Å². The van der Waals surface area contributed by atoms with Gasteiger partial charge in [0.15, 0.2) is 5.82 Å². The molecule has 0 spiro atoms. The van der Waals surface area contributed by atoms with Gasteiger partial charge in [-0.3, -0.25) is 4.98 Å². The monoisotopic (exact) mass is 354 g/mol. The molecular weight excluding hydrogens is 339 g/mol. The predicted molar refractivity (Wildman–Crippen MR) is 81.6 cm³/mol. The number of aryl methyl sites for hydroxylation is 2. The molecule has 2 rings (SSSR count). The predicted octanol–water partition coefficient (Wildman–Crippen LogP) is 3.06. The molecule has 0 radical (unpaired) electrons. The highest BCUT2D eigenvalue weighted by molar-refractivity contribution is 14.1. The summed E-state index contributed by atoms with van der Waals surface area (Å²) in [5.41, 5.74) is 3.01. The molecule has 18 heavy (non-hydrogen) atoms. The fraction of sp³-hybridized carbons (Fsp3) is 0.308. The van der Waals surface area contributed by atoms with Crippen LogP contribution in [0, 0.1) is 10.5 Å². The highest BCUT2D eigenvalue weighted by Gasteiger charge is 2.12. The van der Waals surface area contributed by atoms with E-state index in [0.29, 0.717) is 5.82 Å². The summed E-state index contributed by atoms with van der Waals surface area (Å²) in [4.78, 5) is 13.5. The summed E-state index contributed by atoms with van der Waals surface area (Å²) in [7, 11) is 1.87. The van der Waals surface area contributed by atoms with E-state index in [0.717, 1.165) is 27.2 Å². The van der Waals surface area contributed by atoms with Crippen molar-refractivity contribution in [3.8, 4) is 11.5 Å². The van der Waals surface area contributed by atoms with Crippen LogP contribution in [0.2, 0.25) is 0 Å². The van der Waals surface area contributed by atoms with E-state index in [1.54, 1.807) is 6.20 Å². The summed E-state index contributed by atoms with van der Waals surface area (Å²) in [6, 6.07) is 4.01. The van der Waals surface area contributed by atoms with E-state index in [2.05, 4.69) is 55.8 Å². The largest absolute Gasteiger partial charge is 0.372 e. The Balaban J connectivity index is 2.61. The molecule has 0 bridgehead atoms. The Morgan fingerprint density at radius 2 is 2.11 bits per heavy atom. The molecule has 0 saturated carbocycles. The molecule has 4 nitrogen and oxygen atoms in total. The Labute approximate surface area is 120 Å². The van der Waals surface area contributed by atoms with E-state index >= 15 is 0 Å². The van der Waals surface area contributed by atoms with Crippen molar-refractivity contribution in [3.63, 3.8) is 0 Å². The quantitative estimate of drug-likeness (QED) is 0.861. The third kappa shape index (κ3) is 2.45. The molecule has 2 heterocycles. The average Bonchev–Trinajstić information content (AvgIpc) is 2.41. The summed E-state index contributed by atoms with van der Waals surface area (Å²) in [6.45, 7) is 4.10. The second-order valence-corrected chi connectivity index (χ2v) is 4.99. The topological polar surface area (TPSA) is 50.7 Å². The number of hydrogen-bond acceptors (Lipinski definition) is 4. The van der Waals surface area contributed by atoms with Crippen LogP contribution < -0.4 is 5.32 Å². The summed E-state index contributed by atoms with van der Waals surface area (Å²) in [5, 5.41) is 3.10. The molecule has 2 aromatic heterocycles.